The van der Waals surface area contributed by atoms with Gasteiger partial charge in [0.15, 0.2) is 0 Å². The van der Waals surface area contributed by atoms with Crippen molar-refractivity contribution in [3.8, 4) is 0 Å². The number of fused-ring (bicyclic) bond motifs is 1. The summed E-state index contributed by atoms with van der Waals surface area (Å²) < 4.78 is 42.0. The topological polar surface area (TPSA) is 270 Å². The summed E-state index contributed by atoms with van der Waals surface area (Å²) in [5, 5.41) is 7.54. The lowest BCUT2D eigenvalue weighted by atomic mass is 9.78. The highest BCUT2D eigenvalue weighted by molar-refractivity contribution is 6.21. The van der Waals surface area contributed by atoms with Crippen molar-refractivity contribution >= 4 is 82.5 Å². The zero-order valence-electron chi connectivity index (χ0n) is 59.8. The molecule has 3 heterocycles. The van der Waals surface area contributed by atoms with Crippen molar-refractivity contribution in [1.82, 2.24) is 60.0 Å². The molecule has 3 saturated heterocycles. The number of nitrogens with one attached hydrogen (secondary N) is 3. The molecule has 0 aromatic carbocycles. The van der Waals surface area contributed by atoms with E-state index in [1.807, 2.05) is 6.92 Å². The predicted octanol–water partition coefficient (Wildman–Crippen LogP) is 5.46. The highest BCUT2D eigenvalue weighted by Gasteiger charge is 2.52. The van der Waals surface area contributed by atoms with Crippen molar-refractivity contribution in [2.24, 2.45) is 29.6 Å². The third-order valence-corrected chi connectivity index (χ3v) is 23.4. The number of likely N-dealkylation sites (N-methyl/N-ethyl adjacent to an activating group) is 7. The predicted molar refractivity (Wildman–Crippen MR) is 361 cm³/mol. The monoisotopic (exact) mass is 1400 g/mol. The van der Waals surface area contributed by atoms with Crippen LogP contribution in [-0.4, -0.2) is 262 Å². The summed E-state index contributed by atoms with van der Waals surface area (Å²) in [5.41, 5.74) is -1.54. The van der Waals surface area contributed by atoms with Crippen LogP contribution in [0.15, 0.2) is 0 Å². The number of amides is 12. The number of rotatable bonds is 10. The highest BCUT2D eigenvalue weighted by Crippen LogP contribution is 2.44. The quantitative estimate of drug-likeness (QED) is 0.230. The maximum Gasteiger partial charge on any atom is 0.393 e. The number of likely N-dealkylation sites (tertiary alicyclic amines) is 1. The fourth-order valence-corrected chi connectivity index (χ4v) is 16.8. The lowest BCUT2D eigenvalue weighted by Crippen LogP contribution is -2.65. The Labute approximate surface area is 582 Å². The second kappa shape index (κ2) is 35.4. The van der Waals surface area contributed by atoms with Gasteiger partial charge in [-0.05, 0) is 134 Å². The van der Waals surface area contributed by atoms with Gasteiger partial charge in [-0.2, -0.15) is 13.2 Å². The summed E-state index contributed by atoms with van der Waals surface area (Å²) in [6.07, 6.45) is 7.00. The molecular formula is C70H112ClF3N12O12. The molecule has 12 amide bonds. The van der Waals surface area contributed by atoms with Gasteiger partial charge in [0.2, 0.25) is 70.9 Å². The molecule has 28 heteroatoms. The molecule has 0 bridgehead atoms. The number of alkyl halides is 4. The molecule has 4 aliphatic carbocycles. The number of hydrogen-bond acceptors (Lipinski definition) is 12. The van der Waals surface area contributed by atoms with Crippen LogP contribution in [0.4, 0.5) is 13.2 Å². The Hall–Kier alpha value is -6.28. The van der Waals surface area contributed by atoms with Crippen LogP contribution in [0.3, 0.4) is 0 Å². The largest absolute Gasteiger partial charge is 0.393 e. The molecule has 552 valence electrons. The first kappa shape index (κ1) is 79.1. The van der Waals surface area contributed by atoms with E-state index in [-0.39, 0.29) is 88.6 Å². The SMILES string of the molecule is CC[C@H](C)[C@@H]1NC(=O)[C@H](C)N(C)C(=O)C[C@@H](C(=O)N2CCCCC2)N(CC)C(=O)[C@H](C2CCCC2)N(C)C(=O)C2(CCCC2)NC(=O)[C@@H]2CCCN2C(=O)[C@H](CCC2CCC(C(F)(F)F)C(Cl)C2)NC(=O)CN(C)C(=O)[C@H](CC2CCCCC2)N(C)C(=O)CN(C)C(=O)CN(C)C1=O. The second-order valence-corrected chi connectivity index (χ2v) is 30.2. The van der Waals surface area contributed by atoms with E-state index in [4.69, 9.17) is 11.6 Å². The number of piperidine rings is 1. The van der Waals surface area contributed by atoms with E-state index in [2.05, 4.69) is 16.0 Å². The van der Waals surface area contributed by atoms with Crippen LogP contribution in [-0.2, 0) is 57.5 Å². The van der Waals surface area contributed by atoms with Gasteiger partial charge in [0.25, 0.3) is 0 Å². The smallest absolute Gasteiger partial charge is 0.343 e. The maximum absolute atomic E-state index is 15.8. The van der Waals surface area contributed by atoms with Gasteiger partial charge in [-0.1, -0.05) is 78.1 Å². The first-order valence-corrected chi connectivity index (χ1v) is 36.8. The Bertz CT molecular complexity index is 2850. The summed E-state index contributed by atoms with van der Waals surface area (Å²) >= 11 is 6.40. The van der Waals surface area contributed by atoms with E-state index < -0.39 is 168 Å². The van der Waals surface area contributed by atoms with Crippen LogP contribution in [0, 0.1) is 29.6 Å². The van der Waals surface area contributed by atoms with Crippen LogP contribution in [0.25, 0.3) is 0 Å². The second-order valence-electron chi connectivity index (χ2n) is 29.6. The molecular weight excluding hydrogens is 1290 g/mol. The number of nitrogens with zero attached hydrogens (tertiary/aromatic N) is 9. The van der Waals surface area contributed by atoms with Crippen LogP contribution in [0.1, 0.15) is 195 Å². The van der Waals surface area contributed by atoms with E-state index in [0.717, 1.165) is 66.1 Å². The van der Waals surface area contributed by atoms with Crippen LogP contribution in [0.2, 0.25) is 0 Å². The molecule has 1 spiro atoms. The molecule has 0 aromatic heterocycles. The summed E-state index contributed by atoms with van der Waals surface area (Å²) in [4.78, 5) is 190. The fourth-order valence-electron chi connectivity index (χ4n) is 16.3. The Morgan fingerprint density at radius 2 is 1.22 bits per heavy atom. The molecule has 98 heavy (non-hydrogen) atoms. The zero-order chi connectivity index (χ0) is 72.1. The molecule has 7 rings (SSSR count). The van der Waals surface area contributed by atoms with Crippen molar-refractivity contribution < 1.29 is 70.7 Å². The van der Waals surface area contributed by atoms with Crippen molar-refractivity contribution in [1.29, 1.82) is 0 Å². The molecule has 11 atom stereocenters. The van der Waals surface area contributed by atoms with E-state index in [0.29, 0.717) is 64.5 Å². The molecule has 7 aliphatic rings. The molecule has 0 radical (unpaired) electrons. The van der Waals surface area contributed by atoms with Crippen LogP contribution >= 0.6 is 11.6 Å². The third-order valence-electron chi connectivity index (χ3n) is 22.9. The van der Waals surface area contributed by atoms with Crippen molar-refractivity contribution in [3.63, 3.8) is 0 Å². The first-order chi connectivity index (χ1) is 46.3. The Morgan fingerprint density at radius 1 is 0.612 bits per heavy atom. The van der Waals surface area contributed by atoms with Gasteiger partial charge in [0.1, 0.15) is 47.8 Å². The van der Waals surface area contributed by atoms with Crippen molar-refractivity contribution in [3.05, 3.63) is 0 Å². The van der Waals surface area contributed by atoms with Gasteiger partial charge in [0, 0.05) is 73.8 Å². The summed E-state index contributed by atoms with van der Waals surface area (Å²) in [5.74, 6) is -10.3. The summed E-state index contributed by atoms with van der Waals surface area (Å²) in [7, 11) is 8.56. The molecule has 0 aromatic rings. The fraction of sp³-hybridized carbons (Fsp3) is 0.829. The Balaban J connectivity index is 1.26. The number of carbonyl (C=O) groups is 12. The van der Waals surface area contributed by atoms with Gasteiger partial charge >= 0.3 is 6.18 Å². The average Bonchev–Trinajstić information content (AvgIpc) is 1.69. The molecule has 3 aliphatic heterocycles. The van der Waals surface area contributed by atoms with Crippen molar-refractivity contribution in [2.45, 2.75) is 254 Å². The average molecular weight is 1410 g/mol. The third kappa shape index (κ3) is 19.4. The Morgan fingerprint density at radius 3 is 1.84 bits per heavy atom. The maximum atomic E-state index is 15.8. The van der Waals surface area contributed by atoms with Gasteiger partial charge in [-0.3, -0.25) is 57.5 Å². The Kier molecular flexibility index (Phi) is 28.5. The van der Waals surface area contributed by atoms with Gasteiger partial charge in [-0.15, -0.1) is 11.6 Å². The highest BCUT2D eigenvalue weighted by atomic mass is 35.5. The lowest BCUT2D eigenvalue weighted by Gasteiger charge is -2.43. The minimum Gasteiger partial charge on any atom is -0.343 e. The zero-order valence-corrected chi connectivity index (χ0v) is 60.5. The standard InChI is InChI=1S/C70H112ClF3N12O12/c1-11-44(3)59-66(96)80(7)42-57(89)78(5)43-58(90)82(9)53(39-46-24-15-13-16-25-46)64(94)79(6)41-55(87)75-51(32-30-47-29-31-49(50(71)38-47)70(72,73)74)63(93)86-37-23-28-52(86)62(92)77-69(33-19-20-34-69)68(98)83(10)60(48-26-17-18-27-48)67(97)85(12-2)54(65(95)84-35-21-14-22-36-84)40-56(88)81(8)45(4)61(91)76-59/h44-54,59-60H,11-43H2,1-10H3,(H,75,87)(H,76,91)(H,77,92)/t44-,45-,47?,49?,50?,51-,52-,53-,54-,59-,60-/m0/s1. The summed E-state index contributed by atoms with van der Waals surface area (Å²) in [6, 6.07) is -8.50. The minimum absolute atomic E-state index is 0.00369. The number of carbonyl (C=O) groups excluding carboxylic acids is 12. The first-order valence-electron chi connectivity index (χ1n) is 36.4. The van der Waals surface area contributed by atoms with Crippen molar-refractivity contribution in [2.75, 3.05) is 88.1 Å². The summed E-state index contributed by atoms with van der Waals surface area (Å²) in [6.45, 7) is 5.95. The molecule has 3 unspecified atom stereocenters. The number of halogens is 4. The molecule has 24 nitrogen and oxygen atoms in total. The molecule has 4 saturated carbocycles. The lowest BCUT2D eigenvalue weighted by molar-refractivity contribution is -0.182. The molecule has 3 N–H and O–H groups in total. The van der Waals surface area contributed by atoms with E-state index in [1.54, 1.807) is 18.7 Å². The van der Waals surface area contributed by atoms with Gasteiger partial charge in [-0.25, -0.2) is 0 Å². The van der Waals surface area contributed by atoms with Gasteiger partial charge < -0.3 is 60.0 Å². The van der Waals surface area contributed by atoms with Crippen LogP contribution < -0.4 is 16.0 Å². The normalized spacial score (nSPS) is 30.3. The van der Waals surface area contributed by atoms with Crippen LogP contribution in [0.5, 0.6) is 0 Å². The van der Waals surface area contributed by atoms with Gasteiger partial charge in [0.05, 0.1) is 32.0 Å². The van der Waals surface area contributed by atoms with E-state index >= 15 is 24.0 Å². The van der Waals surface area contributed by atoms with E-state index in [1.165, 1.54) is 73.7 Å². The minimum atomic E-state index is -4.50. The molecule has 7 fully saturated rings. The van der Waals surface area contributed by atoms with E-state index in [9.17, 15) is 46.7 Å². The number of hydrogen-bond donors (Lipinski definition) is 3.